The minimum atomic E-state index is -0.0868. The molecule has 33 heavy (non-hydrogen) atoms. The van der Waals surface area contributed by atoms with Gasteiger partial charge in [-0.25, -0.2) is 4.98 Å². The number of imidazole rings is 1. The maximum Gasteiger partial charge on any atom is 0.273 e. The Morgan fingerprint density at radius 1 is 1.00 bits per heavy atom. The lowest BCUT2D eigenvalue weighted by molar-refractivity contribution is -0.133. The molecule has 0 radical (unpaired) electrons. The summed E-state index contributed by atoms with van der Waals surface area (Å²) in [6, 6.07) is 18.4. The fraction of sp³-hybridized carbons (Fsp3) is 0.370. The number of fused-ring (bicyclic) bond motifs is 3. The first-order valence-electron chi connectivity index (χ1n) is 11.7. The van der Waals surface area contributed by atoms with Crippen molar-refractivity contribution < 1.29 is 9.59 Å². The SMILES string of the molecule is Cc1ccc(CC(=O)N2[C@@H]3CC[C@H]2Cc2c(C(=O)N(C)C)nc(-c4ccccc4)n2C3)cc1. The third kappa shape index (κ3) is 3.94. The molecule has 2 atom stereocenters. The van der Waals surface area contributed by atoms with Crippen molar-refractivity contribution in [1.82, 2.24) is 19.4 Å². The molecule has 3 heterocycles. The number of rotatable bonds is 4. The number of carbonyl (C=O) groups is 2. The molecular weight excluding hydrogens is 412 g/mol. The molecule has 2 aliphatic rings. The number of hydrogen-bond donors (Lipinski definition) is 0. The van der Waals surface area contributed by atoms with Gasteiger partial charge in [0, 0.05) is 38.7 Å². The lowest BCUT2D eigenvalue weighted by atomic mass is 10.0. The highest BCUT2D eigenvalue weighted by Gasteiger charge is 2.42. The zero-order chi connectivity index (χ0) is 23.1. The minimum absolute atomic E-state index is 0.0868. The molecule has 0 saturated carbocycles. The summed E-state index contributed by atoms with van der Waals surface area (Å²) < 4.78 is 2.20. The lowest BCUT2D eigenvalue weighted by Gasteiger charge is -2.28. The number of hydrogen-bond acceptors (Lipinski definition) is 3. The molecule has 170 valence electrons. The van der Waals surface area contributed by atoms with Crippen LogP contribution in [-0.2, 0) is 24.2 Å². The fourth-order valence-corrected chi connectivity index (χ4v) is 5.23. The molecule has 6 nitrogen and oxygen atoms in total. The van der Waals surface area contributed by atoms with E-state index in [2.05, 4.69) is 28.5 Å². The summed E-state index contributed by atoms with van der Waals surface area (Å²) in [5.41, 5.74) is 4.69. The number of aryl methyl sites for hydroxylation is 1. The smallest absolute Gasteiger partial charge is 0.273 e. The van der Waals surface area contributed by atoms with Gasteiger partial charge in [-0.15, -0.1) is 0 Å². The Morgan fingerprint density at radius 2 is 1.70 bits per heavy atom. The van der Waals surface area contributed by atoms with Crippen LogP contribution in [0.4, 0.5) is 0 Å². The van der Waals surface area contributed by atoms with Crippen molar-refractivity contribution in [3.63, 3.8) is 0 Å². The predicted octanol–water partition coefficient (Wildman–Crippen LogP) is 3.72. The summed E-state index contributed by atoms with van der Waals surface area (Å²) in [5.74, 6) is 0.900. The van der Waals surface area contributed by atoms with Gasteiger partial charge in [0.15, 0.2) is 0 Å². The summed E-state index contributed by atoms with van der Waals surface area (Å²) >= 11 is 0. The molecular formula is C27H30N4O2. The average molecular weight is 443 g/mol. The van der Waals surface area contributed by atoms with Crippen LogP contribution in [0.25, 0.3) is 11.4 Å². The van der Waals surface area contributed by atoms with Gasteiger partial charge in [-0.2, -0.15) is 0 Å². The van der Waals surface area contributed by atoms with E-state index >= 15 is 0 Å². The quantitative estimate of drug-likeness (QED) is 0.619. The fourth-order valence-electron chi connectivity index (χ4n) is 5.23. The van der Waals surface area contributed by atoms with E-state index in [4.69, 9.17) is 4.98 Å². The van der Waals surface area contributed by atoms with Crippen LogP contribution >= 0.6 is 0 Å². The van der Waals surface area contributed by atoms with Crippen molar-refractivity contribution in [1.29, 1.82) is 0 Å². The third-order valence-corrected chi connectivity index (χ3v) is 6.92. The van der Waals surface area contributed by atoms with Gasteiger partial charge in [-0.1, -0.05) is 60.2 Å². The van der Waals surface area contributed by atoms with E-state index in [9.17, 15) is 9.59 Å². The van der Waals surface area contributed by atoms with Crippen LogP contribution in [0.1, 0.15) is 40.2 Å². The van der Waals surface area contributed by atoms with Gasteiger partial charge in [-0.05, 0) is 25.3 Å². The first kappa shape index (κ1) is 21.4. The molecule has 0 unspecified atom stereocenters. The minimum Gasteiger partial charge on any atom is -0.343 e. The summed E-state index contributed by atoms with van der Waals surface area (Å²) in [4.78, 5) is 35.0. The van der Waals surface area contributed by atoms with Crippen molar-refractivity contribution in [2.75, 3.05) is 14.1 Å². The largest absolute Gasteiger partial charge is 0.343 e. The van der Waals surface area contributed by atoms with Crippen LogP contribution in [0.2, 0.25) is 0 Å². The topological polar surface area (TPSA) is 58.4 Å². The Kier molecular flexibility index (Phi) is 5.52. The summed E-state index contributed by atoms with van der Waals surface area (Å²) in [5, 5.41) is 0. The molecule has 3 aromatic rings. The Balaban J connectivity index is 1.51. The van der Waals surface area contributed by atoms with Crippen LogP contribution in [0.3, 0.4) is 0 Å². The molecule has 2 amide bonds. The Bertz CT molecular complexity index is 1180. The monoisotopic (exact) mass is 442 g/mol. The number of aromatic nitrogens is 2. The van der Waals surface area contributed by atoms with E-state index in [-0.39, 0.29) is 23.9 Å². The van der Waals surface area contributed by atoms with Gasteiger partial charge in [0.2, 0.25) is 5.91 Å². The van der Waals surface area contributed by atoms with Crippen LogP contribution in [0.5, 0.6) is 0 Å². The average Bonchev–Trinajstić information content (AvgIpc) is 3.31. The first-order chi connectivity index (χ1) is 15.9. The van der Waals surface area contributed by atoms with Crippen molar-refractivity contribution in [2.45, 2.75) is 51.2 Å². The number of nitrogens with zero attached hydrogens (tertiary/aromatic N) is 4. The van der Waals surface area contributed by atoms with E-state index in [1.54, 1.807) is 19.0 Å². The maximum atomic E-state index is 13.4. The number of carbonyl (C=O) groups excluding carboxylic acids is 2. The van der Waals surface area contributed by atoms with Crippen molar-refractivity contribution in [3.05, 3.63) is 77.1 Å². The summed E-state index contributed by atoms with van der Waals surface area (Å²) in [6.07, 6.45) is 3.01. The summed E-state index contributed by atoms with van der Waals surface area (Å²) in [6.45, 7) is 2.73. The van der Waals surface area contributed by atoms with Crippen molar-refractivity contribution in [2.24, 2.45) is 0 Å². The van der Waals surface area contributed by atoms with Crippen LogP contribution in [-0.4, -0.2) is 57.3 Å². The molecule has 5 rings (SSSR count). The second-order valence-electron chi connectivity index (χ2n) is 9.46. The molecule has 6 heteroatoms. The zero-order valence-corrected chi connectivity index (χ0v) is 19.5. The van der Waals surface area contributed by atoms with Crippen molar-refractivity contribution >= 4 is 11.8 Å². The third-order valence-electron chi connectivity index (χ3n) is 6.92. The highest BCUT2D eigenvalue weighted by Crippen LogP contribution is 2.36. The highest BCUT2D eigenvalue weighted by atomic mass is 16.2. The van der Waals surface area contributed by atoms with E-state index in [1.165, 1.54) is 5.56 Å². The maximum absolute atomic E-state index is 13.4. The van der Waals surface area contributed by atoms with Gasteiger partial charge in [-0.3, -0.25) is 9.59 Å². The van der Waals surface area contributed by atoms with Gasteiger partial charge in [0.25, 0.3) is 5.91 Å². The molecule has 2 bridgehead atoms. The van der Waals surface area contributed by atoms with E-state index in [1.807, 2.05) is 42.5 Å². The van der Waals surface area contributed by atoms with Crippen LogP contribution in [0.15, 0.2) is 54.6 Å². The van der Waals surface area contributed by atoms with Gasteiger partial charge in [0.1, 0.15) is 11.5 Å². The molecule has 1 fully saturated rings. The molecule has 0 aliphatic carbocycles. The second-order valence-corrected chi connectivity index (χ2v) is 9.46. The Morgan fingerprint density at radius 3 is 2.39 bits per heavy atom. The molecule has 2 aliphatic heterocycles. The molecule has 1 aromatic heterocycles. The van der Waals surface area contributed by atoms with E-state index in [0.29, 0.717) is 25.1 Å². The molecule has 0 spiro atoms. The lowest BCUT2D eigenvalue weighted by Crippen LogP contribution is -2.43. The standard InChI is InChI=1S/C27H30N4O2/c1-18-9-11-19(12-10-18)15-24(32)31-21-13-14-22(31)17-30-23(16-21)25(27(33)29(2)3)28-26(30)20-7-5-4-6-8-20/h4-12,21-22H,13-17H2,1-3H3/t21-,22+/m0/s1. The summed E-state index contributed by atoms with van der Waals surface area (Å²) in [7, 11) is 3.52. The van der Waals surface area contributed by atoms with E-state index < -0.39 is 0 Å². The van der Waals surface area contributed by atoms with Gasteiger partial charge >= 0.3 is 0 Å². The van der Waals surface area contributed by atoms with Crippen LogP contribution in [0, 0.1) is 6.92 Å². The number of benzene rings is 2. The molecule has 0 N–H and O–H groups in total. The second kappa shape index (κ2) is 8.50. The number of amides is 2. The Hall–Kier alpha value is -3.41. The van der Waals surface area contributed by atoms with Gasteiger partial charge in [0.05, 0.1) is 18.2 Å². The highest BCUT2D eigenvalue weighted by molar-refractivity contribution is 5.94. The van der Waals surface area contributed by atoms with Crippen molar-refractivity contribution in [3.8, 4) is 11.4 Å². The predicted molar refractivity (Wildman–Crippen MR) is 128 cm³/mol. The van der Waals surface area contributed by atoms with Crippen LogP contribution < -0.4 is 0 Å². The normalized spacial score (nSPS) is 19.2. The first-order valence-corrected chi connectivity index (χ1v) is 11.7. The van der Waals surface area contributed by atoms with E-state index in [0.717, 1.165) is 35.5 Å². The molecule has 1 saturated heterocycles. The Labute approximate surface area is 194 Å². The molecule has 2 aromatic carbocycles. The van der Waals surface area contributed by atoms with Gasteiger partial charge < -0.3 is 14.4 Å². The zero-order valence-electron chi connectivity index (χ0n) is 19.5.